The molecule has 0 aliphatic heterocycles. The molecule has 0 heterocycles. The van der Waals surface area contributed by atoms with Gasteiger partial charge in [-0.15, -0.1) is 0 Å². The second kappa shape index (κ2) is 5.71. The van der Waals surface area contributed by atoms with Gasteiger partial charge in [0.25, 0.3) is 0 Å². The van der Waals surface area contributed by atoms with Gasteiger partial charge in [-0.2, -0.15) is 0 Å². The third kappa shape index (κ3) is 3.20. The predicted molar refractivity (Wildman–Crippen MR) is 64.4 cm³/mol. The van der Waals surface area contributed by atoms with E-state index >= 15 is 0 Å². The fourth-order valence-corrected chi connectivity index (χ4v) is 1.67. The topological polar surface area (TPSA) is 26.3 Å². The Kier molecular flexibility index (Phi) is 4.56. The van der Waals surface area contributed by atoms with E-state index in [4.69, 9.17) is 4.74 Å². The van der Waals surface area contributed by atoms with Gasteiger partial charge >= 0.3 is 5.97 Å². The molecule has 0 saturated heterocycles. The Bertz CT molecular complexity index is 383. The molecule has 0 aliphatic rings. The molecular formula is C12H13BrO2. The Morgan fingerprint density at radius 3 is 2.80 bits per heavy atom. The van der Waals surface area contributed by atoms with Crippen LogP contribution < -0.4 is 0 Å². The molecule has 1 rings (SSSR count). The lowest BCUT2D eigenvalue weighted by Crippen LogP contribution is -2.06. The van der Waals surface area contributed by atoms with Crippen LogP contribution in [0.15, 0.2) is 34.8 Å². The maximum Gasteiger partial charge on any atom is 0.338 e. The Morgan fingerprint density at radius 1 is 1.53 bits per heavy atom. The number of carbonyl (C=O) groups excluding carboxylic acids is 1. The van der Waals surface area contributed by atoms with E-state index in [1.165, 1.54) is 0 Å². The molecule has 0 aromatic heterocycles. The van der Waals surface area contributed by atoms with Crippen molar-refractivity contribution >= 4 is 27.5 Å². The molecule has 2 nitrogen and oxygen atoms in total. The van der Waals surface area contributed by atoms with Gasteiger partial charge in [0.05, 0.1) is 12.2 Å². The van der Waals surface area contributed by atoms with Crippen LogP contribution in [0, 0.1) is 0 Å². The summed E-state index contributed by atoms with van der Waals surface area (Å²) in [5.41, 5.74) is 1.46. The van der Waals surface area contributed by atoms with Crippen LogP contribution in [0.25, 0.3) is 5.57 Å². The van der Waals surface area contributed by atoms with Crippen LogP contribution in [0.4, 0.5) is 0 Å². The van der Waals surface area contributed by atoms with Crippen LogP contribution in [-0.4, -0.2) is 12.6 Å². The molecule has 1 aromatic carbocycles. The summed E-state index contributed by atoms with van der Waals surface area (Å²) >= 11 is 3.37. The van der Waals surface area contributed by atoms with Crippen molar-refractivity contribution in [3.05, 3.63) is 40.4 Å². The quantitative estimate of drug-likeness (QED) is 0.620. The molecule has 0 amide bonds. The zero-order valence-electron chi connectivity index (χ0n) is 8.79. The van der Waals surface area contributed by atoms with E-state index < -0.39 is 0 Å². The van der Waals surface area contributed by atoms with E-state index in [1.807, 2.05) is 31.2 Å². The van der Waals surface area contributed by atoms with Crippen molar-refractivity contribution in [3.8, 4) is 0 Å². The SMILES string of the molecule is C/C=C(/C(=O)OCC)c1cccc(Br)c1. The molecule has 0 atom stereocenters. The molecule has 0 unspecified atom stereocenters. The number of rotatable bonds is 3. The molecule has 0 N–H and O–H groups in total. The van der Waals surface area contributed by atoms with Crippen molar-refractivity contribution in [1.82, 2.24) is 0 Å². The van der Waals surface area contributed by atoms with Gasteiger partial charge in [0.2, 0.25) is 0 Å². The summed E-state index contributed by atoms with van der Waals surface area (Å²) in [6.07, 6.45) is 1.76. The lowest BCUT2D eigenvalue weighted by atomic mass is 10.1. The molecule has 3 heteroatoms. The van der Waals surface area contributed by atoms with E-state index in [2.05, 4.69) is 15.9 Å². The molecule has 0 aliphatic carbocycles. The van der Waals surface area contributed by atoms with E-state index in [0.29, 0.717) is 12.2 Å². The Morgan fingerprint density at radius 2 is 2.27 bits per heavy atom. The summed E-state index contributed by atoms with van der Waals surface area (Å²) in [6, 6.07) is 7.59. The van der Waals surface area contributed by atoms with Gasteiger partial charge in [-0.05, 0) is 31.5 Å². The average Bonchev–Trinajstić information content (AvgIpc) is 2.19. The summed E-state index contributed by atoms with van der Waals surface area (Å²) < 4.78 is 5.91. The van der Waals surface area contributed by atoms with Crippen LogP contribution in [-0.2, 0) is 9.53 Å². The number of hydrogen-bond acceptors (Lipinski definition) is 2. The van der Waals surface area contributed by atoms with Crippen LogP contribution in [0.5, 0.6) is 0 Å². The van der Waals surface area contributed by atoms with Crippen molar-refractivity contribution in [2.24, 2.45) is 0 Å². The minimum Gasteiger partial charge on any atom is -0.462 e. The first-order chi connectivity index (χ1) is 7.19. The first kappa shape index (κ1) is 12.0. The second-order valence-corrected chi connectivity index (χ2v) is 3.85. The van der Waals surface area contributed by atoms with Crippen LogP contribution in [0.1, 0.15) is 19.4 Å². The zero-order chi connectivity index (χ0) is 11.3. The average molecular weight is 269 g/mol. The molecule has 1 aromatic rings. The highest BCUT2D eigenvalue weighted by molar-refractivity contribution is 9.10. The molecule has 80 valence electrons. The van der Waals surface area contributed by atoms with Crippen LogP contribution >= 0.6 is 15.9 Å². The number of benzene rings is 1. The largest absolute Gasteiger partial charge is 0.462 e. The number of halogens is 1. The molecule has 0 spiro atoms. The summed E-state index contributed by atoms with van der Waals surface area (Å²) in [6.45, 7) is 4.02. The van der Waals surface area contributed by atoms with Crippen molar-refractivity contribution in [2.45, 2.75) is 13.8 Å². The number of esters is 1. The monoisotopic (exact) mass is 268 g/mol. The Labute approximate surface area is 98.1 Å². The van der Waals surface area contributed by atoms with Crippen LogP contribution in [0.2, 0.25) is 0 Å². The van der Waals surface area contributed by atoms with E-state index in [0.717, 1.165) is 10.0 Å². The highest BCUT2D eigenvalue weighted by Crippen LogP contribution is 2.20. The molecule has 0 fully saturated rings. The number of allylic oxidation sites excluding steroid dienone is 1. The highest BCUT2D eigenvalue weighted by Gasteiger charge is 2.11. The van der Waals surface area contributed by atoms with Gasteiger partial charge in [0.15, 0.2) is 0 Å². The smallest absolute Gasteiger partial charge is 0.338 e. The molecule has 15 heavy (non-hydrogen) atoms. The minimum absolute atomic E-state index is 0.280. The highest BCUT2D eigenvalue weighted by atomic mass is 79.9. The van der Waals surface area contributed by atoms with Crippen molar-refractivity contribution in [3.63, 3.8) is 0 Å². The third-order valence-corrected chi connectivity index (χ3v) is 2.41. The number of carbonyl (C=O) groups is 1. The lowest BCUT2D eigenvalue weighted by Gasteiger charge is -2.06. The first-order valence-electron chi connectivity index (χ1n) is 4.78. The van der Waals surface area contributed by atoms with Crippen molar-refractivity contribution in [2.75, 3.05) is 6.61 Å². The van der Waals surface area contributed by atoms with Gasteiger partial charge in [-0.1, -0.05) is 34.1 Å². The molecule has 0 saturated carbocycles. The summed E-state index contributed by atoms with van der Waals surface area (Å²) in [4.78, 5) is 11.6. The summed E-state index contributed by atoms with van der Waals surface area (Å²) in [5, 5.41) is 0. The summed E-state index contributed by atoms with van der Waals surface area (Å²) in [5.74, 6) is -0.280. The van der Waals surface area contributed by atoms with Gasteiger partial charge in [-0.3, -0.25) is 0 Å². The molecular weight excluding hydrogens is 256 g/mol. The standard InChI is InChI=1S/C12H13BrO2/c1-3-11(12(14)15-4-2)9-6-5-7-10(13)8-9/h3,5-8H,4H2,1-2H3/b11-3+. The maximum atomic E-state index is 11.6. The molecule has 0 radical (unpaired) electrons. The second-order valence-electron chi connectivity index (χ2n) is 2.93. The van der Waals surface area contributed by atoms with E-state index in [-0.39, 0.29) is 5.97 Å². The van der Waals surface area contributed by atoms with Crippen molar-refractivity contribution < 1.29 is 9.53 Å². The number of hydrogen-bond donors (Lipinski definition) is 0. The Balaban J connectivity index is 2.99. The first-order valence-corrected chi connectivity index (χ1v) is 5.57. The van der Waals surface area contributed by atoms with Gasteiger partial charge in [0.1, 0.15) is 0 Å². The Hall–Kier alpha value is -1.09. The van der Waals surface area contributed by atoms with E-state index in [9.17, 15) is 4.79 Å². The normalized spacial score (nSPS) is 11.3. The third-order valence-electron chi connectivity index (χ3n) is 1.92. The van der Waals surface area contributed by atoms with Gasteiger partial charge in [-0.25, -0.2) is 4.79 Å². The maximum absolute atomic E-state index is 11.6. The van der Waals surface area contributed by atoms with Gasteiger partial charge in [0, 0.05) is 4.47 Å². The minimum atomic E-state index is -0.280. The van der Waals surface area contributed by atoms with Crippen molar-refractivity contribution in [1.29, 1.82) is 0 Å². The fourth-order valence-electron chi connectivity index (χ4n) is 1.27. The van der Waals surface area contributed by atoms with Gasteiger partial charge < -0.3 is 4.74 Å². The lowest BCUT2D eigenvalue weighted by molar-refractivity contribution is -0.136. The fraction of sp³-hybridized carbons (Fsp3) is 0.250. The summed E-state index contributed by atoms with van der Waals surface area (Å²) in [7, 11) is 0. The number of ether oxygens (including phenoxy) is 1. The molecule has 0 bridgehead atoms. The van der Waals surface area contributed by atoms with E-state index in [1.54, 1.807) is 13.0 Å². The predicted octanol–water partition coefficient (Wildman–Crippen LogP) is 3.42. The zero-order valence-corrected chi connectivity index (χ0v) is 10.4. The van der Waals surface area contributed by atoms with Crippen LogP contribution in [0.3, 0.4) is 0 Å².